The van der Waals surface area contributed by atoms with E-state index in [4.69, 9.17) is 23.2 Å². The summed E-state index contributed by atoms with van der Waals surface area (Å²) in [5, 5.41) is 10.7. The van der Waals surface area contributed by atoms with Gasteiger partial charge in [-0.05, 0) is 61.5 Å². The Bertz CT molecular complexity index is 1100. The van der Waals surface area contributed by atoms with Crippen molar-refractivity contribution in [2.45, 2.75) is 13.3 Å². The maximum atomic E-state index is 12.2. The molecular weight excluding hydrogens is 435 g/mol. The summed E-state index contributed by atoms with van der Waals surface area (Å²) in [5.41, 5.74) is 5.63. The van der Waals surface area contributed by atoms with E-state index < -0.39 is 5.91 Å². The van der Waals surface area contributed by atoms with Crippen LogP contribution in [-0.2, 0) is 4.79 Å². The van der Waals surface area contributed by atoms with Crippen LogP contribution >= 0.6 is 23.2 Å². The van der Waals surface area contributed by atoms with E-state index in [1.165, 1.54) is 12.1 Å². The van der Waals surface area contributed by atoms with E-state index in [9.17, 15) is 9.59 Å². The molecule has 2 amide bonds. The topological polar surface area (TPSA) is 82.6 Å². The monoisotopic (exact) mass is 454 g/mol. The second-order valence-corrected chi connectivity index (χ2v) is 7.55. The lowest BCUT2D eigenvalue weighted by molar-refractivity contribution is -0.115. The van der Waals surface area contributed by atoms with Crippen LogP contribution in [0.3, 0.4) is 0 Å². The number of amides is 2. The predicted molar refractivity (Wildman–Crippen MR) is 126 cm³/mol. The molecule has 0 saturated carbocycles. The minimum Gasteiger partial charge on any atom is -0.356 e. The molecule has 0 aliphatic heterocycles. The molecule has 3 aromatic rings. The molecule has 158 valence electrons. The third-order valence-electron chi connectivity index (χ3n) is 4.17. The van der Waals surface area contributed by atoms with Gasteiger partial charge in [0.05, 0.1) is 17.0 Å². The Balaban J connectivity index is 1.50. The van der Waals surface area contributed by atoms with Gasteiger partial charge in [-0.1, -0.05) is 41.4 Å². The number of para-hydroxylation sites is 1. The molecule has 3 rings (SSSR count). The van der Waals surface area contributed by atoms with Crippen LogP contribution in [0.25, 0.3) is 0 Å². The van der Waals surface area contributed by atoms with Gasteiger partial charge in [0.15, 0.2) is 0 Å². The Morgan fingerprint density at radius 2 is 1.52 bits per heavy atom. The van der Waals surface area contributed by atoms with Crippen molar-refractivity contribution in [3.05, 3.63) is 88.4 Å². The van der Waals surface area contributed by atoms with Crippen molar-refractivity contribution in [1.29, 1.82) is 0 Å². The van der Waals surface area contributed by atoms with E-state index in [0.717, 1.165) is 11.4 Å². The highest BCUT2D eigenvalue weighted by atomic mass is 35.5. The van der Waals surface area contributed by atoms with Gasteiger partial charge in [-0.25, -0.2) is 5.43 Å². The highest BCUT2D eigenvalue weighted by molar-refractivity contribution is 6.36. The van der Waals surface area contributed by atoms with Gasteiger partial charge in [0, 0.05) is 27.8 Å². The number of anilines is 3. The first-order valence-corrected chi connectivity index (χ1v) is 10.2. The van der Waals surface area contributed by atoms with Crippen LogP contribution in [0.1, 0.15) is 23.7 Å². The summed E-state index contributed by atoms with van der Waals surface area (Å²) in [4.78, 5) is 24.4. The summed E-state index contributed by atoms with van der Waals surface area (Å²) in [6.45, 7) is 1.65. The minimum absolute atomic E-state index is 0.0264. The van der Waals surface area contributed by atoms with Gasteiger partial charge >= 0.3 is 0 Å². The van der Waals surface area contributed by atoms with Crippen LogP contribution in [0.4, 0.5) is 17.1 Å². The Kier molecular flexibility index (Phi) is 7.65. The number of benzene rings is 3. The average molecular weight is 455 g/mol. The fourth-order valence-electron chi connectivity index (χ4n) is 2.68. The zero-order chi connectivity index (χ0) is 22.2. The molecule has 0 radical (unpaired) electrons. The van der Waals surface area contributed by atoms with Crippen LogP contribution in [0.2, 0.25) is 10.0 Å². The van der Waals surface area contributed by atoms with Gasteiger partial charge < -0.3 is 10.6 Å². The number of halogens is 2. The highest BCUT2D eigenvalue weighted by Gasteiger charge is 2.11. The zero-order valence-corrected chi connectivity index (χ0v) is 18.2. The van der Waals surface area contributed by atoms with Gasteiger partial charge in [-0.2, -0.15) is 5.10 Å². The maximum Gasteiger partial charge on any atom is 0.272 e. The predicted octanol–water partition coefficient (Wildman–Crippen LogP) is 5.87. The van der Waals surface area contributed by atoms with Crippen LogP contribution < -0.4 is 16.1 Å². The number of hydrazone groups is 1. The molecule has 3 N–H and O–H groups in total. The van der Waals surface area contributed by atoms with Crippen molar-refractivity contribution in [1.82, 2.24) is 5.43 Å². The third-order valence-corrected chi connectivity index (χ3v) is 4.72. The molecular formula is C23H20Cl2N4O2. The Labute approximate surface area is 190 Å². The molecule has 0 aliphatic carbocycles. The fourth-order valence-corrected chi connectivity index (χ4v) is 3.18. The molecule has 3 aromatic carbocycles. The third kappa shape index (κ3) is 6.84. The van der Waals surface area contributed by atoms with Crippen molar-refractivity contribution in [2.75, 3.05) is 10.6 Å². The van der Waals surface area contributed by atoms with E-state index in [2.05, 4.69) is 21.2 Å². The van der Waals surface area contributed by atoms with Crippen molar-refractivity contribution in [2.24, 2.45) is 5.10 Å². The Morgan fingerprint density at radius 3 is 2.19 bits per heavy atom. The standard InChI is InChI=1S/C23H20Cl2N4O2/c1-15(28-29-23(31)20-12-7-16(24)14-21(20)25)13-22(30)27-19-10-8-18(9-11-19)26-17-5-3-2-4-6-17/h2-12,14,26H,13H2,1H3,(H,27,30)(H,29,31)/b28-15-. The normalized spacial score (nSPS) is 11.0. The Hall–Kier alpha value is -3.35. The number of carbonyl (C=O) groups is 2. The summed E-state index contributed by atoms with van der Waals surface area (Å²) in [6.07, 6.45) is 0.0264. The van der Waals surface area contributed by atoms with Gasteiger partial charge in [-0.15, -0.1) is 0 Å². The number of hydrogen-bond acceptors (Lipinski definition) is 4. The number of carbonyl (C=O) groups excluding carboxylic acids is 2. The largest absolute Gasteiger partial charge is 0.356 e. The molecule has 31 heavy (non-hydrogen) atoms. The lowest BCUT2D eigenvalue weighted by Crippen LogP contribution is -2.21. The number of rotatable bonds is 7. The lowest BCUT2D eigenvalue weighted by Gasteiger charge is -2.09. The molecule has 0 unspecified atom stereocenters. The van der Waals surface area contributed by atoms with Crippen LogP contribution in [0.5, 0.6) is 0 Å². The molecule has 0 saturated heterocycles. The van der Waals surface area contributed by atoms with Gasteiger partial charge in [0.1, 0.15) is 0 Å². The second-order valence-electron chi connectivity index (χ2n) is 6.71. The first-order valence-electron chi connectivity index (χ1n) is 9.41. The average Bonchev–Trinajstić information content (AvgIpc) is 2.74. The van der Waals surface area contributed by atoms with Crippen molar-refractivity contribution in [3.8, 4) is 0 Å². The number of nitrogens with zero attached hydrogens (tertiary/aromatic N) is 1. The van der Waals surface area contributed by atoms with Crippen LogP contribution in [0.15, 0.2) is 77.9 Å². The quantitative estimate of drug-likeness (QED) is 0.308. The van der Waals surface area contributed by atoms with Crippen molar-refractivity contribution < 1.29 is 9.59 Å². The van der Waals surface area contributed by atoms with Gasteiger partial charge in [0.2, 0.25) is 5.91 Å². The van der Waals surface area contributed by atoms with Crippen LogP contribution in [-0.4, -0.2) is 17.5 Å². The molecule has 8 heteroatoms. The lowest BCUT2D eigenvalue weighted by atomic mass is 10.2. The summed E-state index contributed by atoms with van der Waals surface area (Å²) in [5.74, 6) is -0.730. The van der Waals surface area contributed by atoms with E-state index in [0.29, 0.717) is 16.4 Å². The highest BCUT2D eigenvalue weighted by Crippen LogP contribution is 2.21. The van der Waals surface area contributed by atoms with E-state index in [1.807, 2.05) is 42.5 Å². The molecule has 0 aliphatic rings. The molecule has 0 bridgehead atoms. The smallest absolute Gasteiger partial charge is 0.272 e. The molecule has 0 fully saturated rings. The molecule has 0 heterocycles. The maximum absolute atomic E-state index is 12.2. The molecule has 0 spiro atoms. The molecule has 0 aromatic heterocycles. The summed E-state index contributed by atoms with van der Waals surface area (Å²) in [7, 11) is 0. The summed E-state index contributed by atoms with van der Waals surface area (Å²) in [6, 6.07) is 21.7. The van der Waals surface area contributed by atoms with Crippen molar-refractivity contribution >= 4 is 57.8 Å². The second kappa shape index (κ2) is 10.6. The first kappa shape index (κ1) is 22.3. The fraction of sp³-hybridized carbons (Fsp3) is 0.0870. The van der Waals surface area contributed by atoms with E-state index in [-0.39, 0.29) is 22.9 Å². The van der Waals surface area contributed by atoms with Crippen LogP contribution in [0, 0.1) is 0 Å². The number of hydrogen-bond donors (Lipinski definition) is 3. The molecule has 0 atom stereocenters. The SMILES string of the molecule is C/C(CC(=O)Nc1ccc(Nc2ccccc2)cc1)=N/NC(=O)c1ccc(Cl)cc1Cl. The molecule has 6 nitrogen and oxygen atoms in total. The van der Waals surface area contributed by atoms with Crippen molar-refractivity contribution in [3.63, 3.8) is 0 Å². The zero-order valence-electron chi connectivity index (χ0n) is 16.7. The van der Waals surface area contributed by atoms with E-state index in [1.54, 1.807) is 25.1 Å². The first-order chi connectivity index (χ1) is 14.9. The van der Waals surface area contributed by atoms with Gasteiger partial charge in [-0.3, -0.25) is 9.59 Å². The van der Waals surface area contributed by atoms with Gasteiger partial charge in [0.25, 0.3) is 5.91 Å². The number of nitrogens with one attached hydrogen (secondary N) is 3. The Morgan fingerprint density at radius 1 is 0.871 bits per heavy atom. The summed E-state index contributed by atoms with van der Waals surface area (Å²) >= 11 is 11.8. The minimum atomic E-state index is -0.483. The summed E-state index contributed by atoms with van der Waals surface area (Å²) < 4.78 is 0. The van der Waals surface area contributed by atoms with E-state index >= 15 is 0 Å².